The van der Waals surface area contributed by atoms with Crippen LogP contribution >= 0.6 is 38.5 Å². The summed E-state index contributed by atoms with van der Waals surface area (Å²) in [5, 5.41) is 2.87. The Morgan fingerprint density at radius 1 is 1.29 bits per heavy atom. The number of para-hydroxylation sites is 1. The first kappa shape index (κ1) is 16.3. The summed E-state index contributed by atoms with van der Waals surface area (Å²) < 4.78 is 7.55. The third-order valence-electron chi connectivity index (χ3n) is 2.89. The number of ether oxygens (including phenoxy) is 1. The highest BCUT2D eigenvalue weighted by atomic mass is 127. The number of aryl methyl sites for hydroxylation is 1. The van der Waals surface area contributed by atoms with Crippen molar-refractivity contribution in [3.63, 3.8) is 0 Å². The molecule has 0 aliphatic rings. The number of carbonyl (C=O) groups excluding carboxylic acids is 1. The lowest BCUT2D eigenvalue weighted by atomic mass is 10.2. The number of amides is 1. The van der Waals surface area contributed by atoms with Crippen molar-refractivity contribution in [2.24, 2.45) is 0 Å². The maximum Gasteiger partial charge on any atom is 0.265 e. The lowest BCUT2D eigenvalue weighted by molar-refractivity contribution is -0.122. The summed E-state index contributed by atoms with van der Waals surface area (Å²) in [7, 11) is 0. The number of hydrogen-bond acceptors (Lipinski definition) is 2. The number of benzene rings is 2. The highest BCUT2D eigenvalue weighted by molar-refractivity contribution is 14.1. The first-order chi connectivity index (χ1) is 9.97. The molecular formula is C16H15BrINO2. The van der Waals surface area contributed by atoms with Crippen LogP contribution in [0.2, 0.25) is 0 Å². The van der Waals surface area contributed by atoms with Crippen LogP contribution in [0.15, 0.2) is 46.9 Å². The van der Waals surface area contributed by atoms with Gasteiger partial charge in [0.1, 0.15) is 5.75 Å². The van der Waals surface area contributed by atoms with E-state index in [9.17, 15) is 4.79 Å². The Morgan fingerprint density at radius 2 is 2.00 bits per heavy atom. The van der Waals surface area contributed by atoms with Gasteiger partial charge in [-0.2, -0.15) is 0 Å². The second-order valence-corrected chi connectivity index (χ2v) is 6.68. The zero-order valence-corrected chi connectivity index (χ0v) is 15.4. The number of halogens is 2. The minimum Gasteiger partial charge on any atom is -0.480 e. The molecule has 1 N–H and O–H groups in total. The van der Waals surface area contributed by atoms with Gasteiger partial charge < -0.3 is 10.1 Å². The number of anilines is 1. The first-order valence-corrected chi connectivity index (χ1v) is 8.33. The van der Waals surface area contributed by atoms with Crippen LogP contribution in [0.1, 0.15) is 12.5 Å². The molecule has 0 aliphatic heterocycles. The smallest absolute Gasteiger partial charge is 0.265 e. The van der Waals surface area contributed by atoms with Crippen LogP contribution in [0.25, 0.3) is 0 Å². The summed E-state index contributed by atoms with van der Waals surface area (Å²) in [5.74, 6) is 0.484. The molecule has 0 heterocycles. The van der Waals surface area contributed by atoms with E-state index in [1.54, 1.807) is 6.92 Å². The van der Waals surface area contributed by atoms with E-state index in [1.807, 2.05) is 49.4 Å². The maximum absolute atomic E-state index is 12.2. The predicted octanol–water partition coefficient (Wildman–Crippen LogP) is 4.77. The van der Waals surface area contributed by atoms with Gasteiger partial charge in [0.2, 0.25) is 0 Å². The van der Waals surface area contributed by atoms with Gasteiger partial charge in [-0.15, -0.1) is 0 Å². The molecule has 2 rings (SSSR count). The first-order valence-electron chi connectivity index (χ1n) is 6.45. The van der Waals surface area contributed by atoms with Gasteiger partial charge in [0.05, 0.1) is 10.2 Å². The average Bonchev–Trinajstić information content (AvgIpc) is 2.44. The molecule has 0 aliphatic carbocycles. The molecule has 0 bridgehead atoms. The van der Waals surface area contributed by atoms with Crippen molar-refractivity contribution in [1.29, 1.82) is 0 Å². The van der Waals surface area contributed by atoms with Gasteiger partial charge >= 0.3 is 0 Å². The van der Waals surface area contributed by atoms with Gasteiger partial charge in [0.15, 0.2) is 6.10 Å². The third kappa shape index (κ3) is 4.44. The van der Waals surface area contributed by atoms with E-state index in [2.05, 4.69) is 43.8 Å². The molecule has 21 heavy (non-hydrogen) atoms. The van der Waals surface area contributed by atoms with E-state index in [0.717, 1.165) is 19.3 Å². The standard InChI is InChI=1S/C16H15BrINO2/c1-10-7-8-15(12(17)9-10)21-11(2)16(20)19-14-6-4-3-5-13(14)18/h3-9,11H,1-2H3,(H,19,20). The predicted molar refractivity (Wildman–Crippen MR) is 96.8 cm³/mol. The van der Waals surface area contributed by atoms with Gasteiger partial charge in [-0.3, -0.25) is 4.79 Å². The van der Waals surface area contributed by atoms with Crippen LogP contribution in [0.4, 0.5) is 5.69 Å². The van der Waals surface area contributed by atoms with Crippen molar-refractivity contribution in [2.45, 2.75) is 20.0 Å². The van der Waals surface area contributed by atoms with E-state index in [4.69, 9.17) is 4.74 Å². The largest absolute Gasteiger partial charge is 0.480 e. The van der Waals surface area contributed by atoms with Crippen molar-refractivity contribution >= 4 is 50.1 Å². The van der Waals surface area contributed by atoms with Crippen molar-refractivity contribution in [3.05, 3.63) is 56.1 Å². The normalized spacial score (nSPS) is 11.8. The van der Waals surface area contributed by atoms with Crippen molar-refractivity contribution in [1.82, 2.24) is 0 Å². The monoisotopic (exact) mass is 459 g/mol. The maximum atomic E-state index is 12.2. The molecule has 0 aromatic heterocycles. The second-order valence-electron chi connectivity index (χ2n) is 4.66. The summed E-state index contributed by atoms with van der Waals surface area (Å²) in [6.45, 7) is 3.74. The molecule has 5 heteroatoms. The molecule has 0 saturated heterocycles. The number of carbonyl (C=O) groups is 1. The second kappa shape index (κ2) is 7.26. The summed E-state index contributed by atoms with van der Waals surface area (Å²) >= 11 is 5.63. The Balaban J connectivity index is 2.04. The molecule has 2 aromatic carbocycles. The molecule has 110 valence electrons. The molecule has 1 unspecified atom stereocenters. The highest BCUT2D eigenvalue weighted by Crippen LogP contribution is 2.27. The zero-order valence-electron chi connectivity index (χ0n) is 11.7. The summed E-state index contributed by atoms with van der Waals surface area (Å²) in [6.07, 6.45) is -0.583. The van der Waals surface area contributed by atoms with Gasteiger partial charge in [0.25, 0.3) is 5.91 Å². The number of nitrogens with one attached hydrogen (secondary N) is 1. The molecule has 0 fully saturated rings. The van der Waals surface area contributed by atoms with Gasteiger partial charge in [-0.1, -0.05) is 18.2 Å². The highest BCUT2D eigenvalue weighted by Gasteiger charge is 2.17. The Labute approximate surface area is 146 Å². The minimum atomic E-state index is -0.583. The van der Waals surface area contributed by atoms with Gasteiger partial charge in [-0.05, 0) is 82.2 Å². The van der Waals surface area contributed by atoms with Gasteiger partial charge in [-0.25, -0.2) is 0 Å². The Morgan fingerprint density at radius 3 is 2.67 bits per heavy atom. The van der Waals surface area contributed by atoms with Crippen LogP contribution in [-0.2, 0) is 4.79 Å². The molecule has 0 radical (unpaired) electrons. The summed E-state index contributed by atoms with van der Waals surface area (Å²) in [5.41, 5.74) is 1.92. The minimum absolute atomic E-state index is 0.174. The van der Waals surface area contributed by atoms with E-state index >= 15 is 0 Å². The van der Waals surface area contributed by atoms with E-state index < -0.39 is 6.10 Å². The van der Waals surface area contributed by atoms with Crippen molar-refractivity contribution in [3.8, 4) is 5.75 Å². The quantitative estimate of drug-likeness (QED) is 0.669. The van der Waals surface area contributed by atoms with E-state index in [0.29, 0.717) is 5.75 Å². The number of hydrogen-bond donors (Lipinski definition) is 1. The van der Waals surface area contributed by atoms with Crippen molar-refractivity contribution < 1.29 is 9.53 Å². The van der Waals surface area contributed by atoms with Crippen LogP contribution in [-0.4, -0.2) is 12.0 Å². The lowest BCUT2D eigenvalue weighted by Crippen LogP contribution is -2.30. The van der Waals surface area contributed by atoms with E-state index in [1.165, 1.54) is 0 Å². The SMILES string of the molecule is Cc1ccc(OC(C)C(=O)Nc2ccccc2I)c(Br)c1. The molecule has 1 atom stereocenters. The Hall–Kier alpha value is -1.08. The molecular weight excluding hydrogens is 445 g/mol. The van der Waals surface area contributed by atoms with Crippen molar-refractivity contribution in [2.75, 3.05) is 5.32 Å². The van der Waals surface area contributed by atoms with Crippen LogP contribution in [0.5, 0.6) is 5.75 Å². The van der Waals surface area contributed by atoms with Gasteiger partial charge in [0, 0.05) is 3.57 Å². The average molecular weight is 460 g/mol. The third-order valence-corrected chi connectivity index (χ3v) is 4.45. The van der Waals surface area contributed by atoms with E-state index in [-0.39, 0.29) is 5.91 Å². The van der Waals surface area contributed by atoms with Crippen LogP contribution in [0, 0.1) is 10.5 Å². The molecule has 0 spiro atoms. The summed E-state index contributed by atoms with van der Waals surface area (Å²) in [6, 6.07) is 13.4. The lowest BCUT2D eigenvalue weighted by Gasteiger charge is -2.16. The fourth-order valence-electron chi connectivity index (χ4n) is 1.74. The molecule has 0 saturated carbocycles. The molecule has 2 aromatic rings. The molecule has 3 nitrogen and oxygen atoms in total. The summed E-state index contributed by atoms with van der Waals surface area (Å²) in [4.78, 5) is 12.2. The van der Waals surface area contributed by atoms with Crippen LogP contribution in [0.3, 0.4) is 0 Å². The fraction of sp³-hybridized carbons (Fsp3) is 0.188. The zero-order chi connectivity index (χ0) is 15.4. The Bertz CT molecular complexity index is 660. The number of rotatable bonds is 4. The fourth-order valence-corrected chi connectivity index (χ4v) is 2.85. The Kier molecular flexibility index (Phi) is 5.64. The molecule has 1 amide bonds. The topological polar surface area (TPSA) is 38.3 Å². The van der Waals surface area contributed by atoms with Crippen LogP contribution < -0.4 is 10.1 Å².